The number of rotatable bonds is 7. The largest absolute Gasteiger partial charge is 0.384 e. The Balaban J connectivity index is 2.15. The molecular formula is C13H16BrN3O2S2. The first-order chi connectivity index (χ1) is 10.0. The van der Waals surface area contributed by atoms with E-state index in [1.807, 2.05) is 19.1 Å². The van der Waals surface area contributed by atoms with Crippen molar-refractivity contribution in [2.45, 2.75) is 24.8 Å². The first-order valence-electron chi connectivity index (χ1n) is 6.44. The third kappa shape index (κ3) is 4.50. The molecule has 2 rings (SSSR count). The summed E-state index contributed by atoms with van der Waals surface area (Å²) in [6, 6.07) is 5.45. The molecule has 0 spiro atoms. The molecule has 0 atom stereocenters. The molecule has 0 fully saturated rings. The highest BCUT2D eigenvalue weighted by Crippen LogP contribution is 2.23. The molecule has 2 N–H and O–H groups in total. The standard InChI is InChI=1S/C13H16BrN3O2S2/c1-2-6-16-11-5-7-15-9-12(11)21(18,19)17-8-10-3-4-13(14)20-10/h3-5,7,9,17H,2,6,8H2,1H3,(H,15,16). The minimum atomic E-state index is -3.59. The van der Waals surface area contributed by atoms with Gasteiger partial charge in [-0.3, -0.25) is 4.98 Å². The summed E-state index contributed by atoms with van der Waals surface area (Å²) in [6.45, 7) is 3.00. The SMILES string of the molecule is CCCNc1ccncc1S(=O)(=O)NCc1ccc(Br)s1. The summed E-state index contributed by atoms with van der Waals surface area (Å²) in [4.78, 5) is 5.03. The molecule has 2 aromatic rings. The van der Waals surface area contributed by atoms with Crippen LogP contribution in [-0.2, 0) is 16.6 Å². The lowest BCUT2D eigenvalue weighted by Gasteiger charge is -2.11. The molecule has 0 saturated carbocycles. The Morgan fingerprint density at radius 1 is 1.33 bits per heavy atom. The molecule has 0 saturated heterocycles. The van der Waals surface area contributed by atoms with Gasteiger partial charge in [-0.2, -0.15) is 0 Å². The minimum absolute atomic E-state index is 0.175. The first kappa shape index (κ1) is 16.4. The Morgan fingerprint density at radius 3 is 2.81 bits per heavy atom. The molecule has 0 aromatic carbocycles. The van der Waals surface area contributed by atoms with Gasteiger partial charge >= 0.3 is 0 Å². The van der Waals surface area contributed by atoms with Crippen LogP contribution < -0.4 is 10.0 Å². The van der Waals surface area contributed by atoms with E-state index in [-0.39, 0.29) is 11.4 Å². The van der Waals surface area contributed by atoms with Gasteiger partial charge in [-0.1, -0.05) is 6.92 Å². The number of pyridine rings is 1. The number of nitrogens with one attached hydrogen (secondary N) is 2. The van der Waals surface area contributed by atoms with Crippen molar-refractivity contribution in [3.63, 3.8) is 0 Å². The van der Waals surface area contributed by atoms with Crippen molar-refractivity contribution in [1.82, 2.24) is 9.71 Å². The molecule has 2 heterocycles. The average Bonchev–Trinajstić information content (AvgIpc) is 2.89. The van der Waals surface area contributed by atoms with E-state index in [0.717, 1.165) is 15.1 Å². The van der Waals surface area contributed by atoms with Crippen molar-refractivity contribution in [3.05, 3.63) is 39.3 Å². The number of sulfonamides is 1. The topological polar surface area (TPSA) is 71.1 Å². The zero-order chi connectivity index (χ0) is 15.3. The number of aromatic nitrogens is 1. The van der Waals surface area contributed by atoms with Crippen LogP contribution in [-0.4, -0.2) is 19.9 Å². The molecule has 8 heteroatoms. The van der Waals surface area contributed by atoms with Gasteiger partial charge in [-0.15, -0.1) is 11.3 Å². The van der Waals surface area contributed by atoms with Crippen LogP contribution >= 0.6 is 27.3 Å². The number of anilines is 1. The Morgan fingerprint density at radius 2 is 2.14 bits per heavy atom. The molecule has 0 radical (unpaired) electrons. The summed E-state index contributed by atoms with van der Waals surface area (Å²) in [7, 11) is -3.59. The zero-order valence-corrected chi connectivity index (χ0v) is 14.7. The molecular weight excluding hydrogens is 374 g/mol. The molecule has 0 aliphatic carbocycles. The van der Waals surface area contributed by atoms with E-state index in [2.05, 4.69) is 31.0 Å². The molecule has 0 aliphatic heterocycles. The molecule has 21 heavy (non-hydrogen) atoms. The van der Waals surface area contributed by atoms with Gasteiger partial charge in [0.2, 0.25) is 10.0 Å². The predicted octanol–water partition coefficient (Wildman–Crippen LogP) is 3.21. The Bertz CT molecular complexity index is 701. The molecule has 0 amide bonds. The molecule has 5 nitrogen and oxygen atoms in total. The van der Waals surface area contributed by atoms with Crippen molar-refractivity contribution in [2.24, 2.45) is 0 Å². The van der Waals surface area contributed by atoms with Gasteiger partial charge in [0, 0.05) is 30.4 Å². The molecule has 0 aliphatic rings. The fourth-order valence-electron chi connectivity index (χ4n) is 1.69. The average molecular weight is 390 g/mol. The first-order valence-corrected chi connectivity index (χ1v) is 9.54. The van der Waals surface area contributed by atoms with Gasteiger partial charge in [-0.25, -0.2) is 13.1 Å². The normalized spacial score (nSPS) is 11.5. The Kier molecular flexibility index (Phi) is 5.74. The second-order valence-corrected chi connectivity index (χ2v) is 8.61. The van der Waals surface area contributed by atoms with Crippen molar-refractivity contribution >= 4 is 43.0 Å². The summed E-state index contributed by atoms with van der Waals surface area (Å²) >= 11 is 4.86. The highest BCUT2D eigenvalue weighted by atomic mass is 79.9. The van der Waals surface area contributed by atoms with Gasteiger partial charge in [-0.05, 0) is 40.5 Å². The second-order valence-electron chi connectivity index (χ2n) is 4.33. The monoisotopic (exact) mass is 389 g/mol. The summed E-state index contributed by atoms with van der Waals surface area (Å²) in [6.07, 6.45) is 3.86. The fourth-order valence-corrected chi connectivity index (χ4v) is 4.34. The highest BCUT2D eigenvalue weighted by molar-refractivity contribution is 9.11. The van der Waals surface area contributed by atoms with E-state index in [0.29, 0.717) is 12.2 Å². The minimum Gasteiger partial charge on any atom is -0.384 e. The quantitative estimate of drug-likeness (QED) is 0.762. The van der Waals surface area contributed by atoms with Gasteiger partial charge < -0.3 is 5.32 Å². The van der Waals surface area contributed by atoms with Gasteiger partial charge in [0.05, 0.1) is 9.47 Å². The van der Waals surface area contributed by atoms with Crippen molar-refractivity contribution < 1.29 is 8.42 Å². The van der Waals surface area contributed by atoms with Crippen LogP contribution in [0.4, 0.5) is 5.69 Å². The van der Waals surface area contributed by atoms with Crippen molar-refractivity contribution in [1.29, 1.82) is 0 Å². The van der Waals surface area contributed by atoms with Gasteiger partial charge in [0.1, 0.15) is 4.90 Å². The highest BCUT2D eigenvalue weighted by Gasteiger charge is 2.18. The maximum absolute atomic E-state index is 12.4. The van der Waals surface area contributed by atoms with E-state index in [1.54, 1.807) is 12.3 Å². The van der Waals surface area contributed by atoms with Crippen LogP contribution in [0, 0.1) is 0 Å². The zero-order valence-electron chi connectivity index (χ0n) is 11.5. The van der Waals surface area contributed by atoms with Crippen molar-refractivity contribution in [2.75, 3.05) is 11.9 Å². The van der Waals surface area contributed by atoms with Gasteiger partial charge in [0.25, 0.3) is 0 Å². The molecule has 0 unspecified atom stereocenters. The Labute approximate surface area is 137 Å². The molecule has 114 valence electrons. The lowest BCUT2D eigenvalue weighted by atomic mass is 10.4. The number of hydrogen-bond donors (Lipinski definition) is 2. The third-order valence-electron chi connectivity index (χ3n) is 2.70. The van der Waals surface area contributed by atoms with E-state index in [4.69, 9.17) is 0 Å². The Hall–Kier alpha value is -0.960. The number of halogens is 1. The smallest absolute Gasteiger partial charge is 0.244 e. The predicted molar refractivity (Wildman–Crippen MR) is 89.1 cm³/mol. The maximum Gasteiger partial charge on any atom is 0.244 e. The molecule has 0 bridgehead atoms. The summed E-state index contributed by atoms with van der Waals surface area (Å²) in [5.41, 5.74) is 0.576. The summed E-state index contributed by atoms with van der Waals surface area (Å²) < 4.78 is 28.4. The summed E-state index contributed by atoms with van der Waals surface area (Å²) in [5.74, 6) is 0. The van der Waals surface area contributed by atoms with E-state index < -0.39 is 10.0 Å². The van der Waals surface area contributed by atoms with E-state index in [9.17, 15) is 8.42 Å². The maximum atomic E-state index is 12.4. The lowest BCUT2D eigenvalue weighted by molar-refractivity contribution is 0.581. The van der Waals surface area contributed by atoms with Gasteiger partial charge in [0.15, 0.2) is 0 Å². The molecule has 2 aromatic heterocycles. The number of nitrogens with zero attached hydrogens (tertiary/aromatic N) is 1. The van der Waals surface area contributed by atoms with Crippen LogP contribution in [0.5, 0.6) is 0 Å². The van der Waals surface area contributed by atoms with Crippen LogP contribution in [0.1, 0.15) is 18.2 Å². The van der Waals surface area contributed by atoms with Crippen LogP contribution in [0.2, 0.25) is 0 Å². The van der Waals surface area contributed by atoms with Crippen LogP contribution in [0.3, 0.4) is 0 Å². The number of thiophene rings is 1. The third-order valence-corrected chi connectivity index (χ3v) is 5.76. The van der Waals surface area contributed by atoms with Crippen molar-refractivity contribution in [3.8, 4) is 0 Å². The second kappa shape index (κ2) is 7.35. The van der Waals surface area contributed by atoms with E-state index in [1.165, 1.54) is 17.5 Å². The van der Waals surface area contributed by atoms with Crippen LogP contribution in [0.25, 0.3) is 0 Å². The van der Waals surface area contributed by atoms with Crippen LogP contribution in [0.15, 0.2) is 39.3 Å². The van der Waals surface area contributed by atoms with E-state index >= 15 is 0 Å². The summed E-state index contributed by atoms with van der Waals surface area (Å²) in [5, 5.41) is 3.11. The lowest BCUT2D eigenvalue weighted by Crippen LogP contribution is -2.24. The fraction of sp³-hybridized carbons (Fsp3) is 0.308. The number of hydrogen-bond acceptors (Lipinski definition) is 5.